The molecule has 1 rings (SSSR count). The number of methoxy groups -OCH3 is 1. The van der Waals surface area contributed by atoms with Crippen LogP contribution in [0.4, 0.5) is 0 Å². The van der Waals surface area contributed by atoms with E-state index >= 15 is 0 Å². The van der Waals surface area contributed by atoms with Crippen LogP contribution in [-0.4, -0.2) is 30.3 Å². The van der Waals surface area contributed by atoms with Crippen LogP contribution in [-0.2, 0) is 0 Å². The fourth-order valence-electron chi connectivity index (χ4n) is 1.78. The molecule has 0 radical (unpaired) electrons. The van der Waals surface area contributed by atoms with Crippen LogP contribution in [0.5, 0.6) is 5.75 Å². The van der Waals surface area contributed by atoms with Crippen LogP contribution in [0.3, 0.4) is 0 Å². The van der Waals surface area contributed by atoms with Gasteiger partial charge in [0.15, 0.2) is 0 Å². The van der Waals surface area contributed by atoms with E-state index in [1.165, 1.54) is 0 Å². The molecule has 1 aromatic carbocycles. The summed E-state index contributed by atoms with van der Waals surface area (Å²) in [5.74, 6) is 0.574. The number of hydrogen-bond acceptors (Lipinski definition) is 3. The van der Waals surface area contributed by atoms with Gasteiger partial charge in [-0.3, -0.25) is 4.79 Å². The molecule has 1 amide bonds. The SMILES string of the molecule is CCC(C)C(C)(O)CNC(=O)c1ccc(OC)cc1Br. The topological polar surface area (TPSA) is 58.6 Å². The van der Waals surface area contributed by atoms with Gasteiger partial charge >= 0.3 is 0 Å². The summed E-state index contributed by atoms with van der Waals surface area (Å²) in [6, 6.07) is 5.16. The summed E-state index contributed by atoms with van der Waals surface area (Å²) in [6.07, 6.45) is 0.856. The molecule has 0 aliphatic rings. The zero-order chi connectivity index (χ0) is 15.3. The molecular weight excluding hydrogens is 322 g/mol. The maximum absolute atomic E-state index is 12.1. The molecule has 0 saturated heterocycles. The first kappa shape index (κ1) is 17.0. The van der Waals surface area contributed by atoms with Crippen molar-refractivity contribution in [3.8, 4) is 5.75 Å². The monoisotopic (exact) mass is 343 g/mol. The standard InChI is InChI=1S/C15H22BrNO3/c1-5-10(2)15(3,19)9-17-14(18)12-7-6-11(20-4)8-13(12)16/h6-8,10,19H,5,9H2,1-4H3,(H,17,18). The number of carbonyl (C=O) groups is 1. The van der Waals surface area contributed by atoms with E-state index in [1.807, 2.05) is 13.8 Å². The van der Waals surface area contributed by atoms with E-state index < -0.39 is 5.60 Å². The highest BCUT2D eigenvalue weighted by atomic mass is 79.9. The van der Waals surface area contributed by atoms with E-state index in [2.05, 4.69) is 21.2 Å². The first-order valence-electron chi connectivity index (χ1n) is 6.66. The normalized spacial score (nSPS) is 15.3. The number of aliphatic hydroxyl groups is 1. The number of hydrogen-bond donors (Lipinski definition) is 2. The lowest BCUT2D eigenvalue weighted by Crippen LogP contribution is -2.45. The van der Waals surface area contributed by atoms with Gasteiger partial charge in [-0.15, -0.1) is 0 Å². The van der Waals surface area contributed by atoms with Gasteiger partial charge in [0.2, 0.25) is 0 Å². The van der Waals surface area contributed by atoms with E-state index in [1.54, 1.807) is 32.2 Å². The predicted octanol–water partition coefficient (Wildman–Crippen LogP) is 2.98. The van der Waals surface area contributed by atoms with Gasteiger partial charge < -0.3 is 15.2 Å². The summed E-state index contributed by atoms with van der Waals surface area (Å²) in [7, 11) is 1.57. The highest BCUT2D eigenvalue weighted by molar-refractivity contribution is 9.10. The molecule has 0 heterocycles. The quantitative estimate of drug-likeness (QED) is 0.834. The summed E-state index contributed by atoms with van der Waals surface area (Å²) in [6.45, 7) is 5.94. The van der Waals surface area contributed by atoms with E-state index in [0.717, 1.165) is 6.42 Å². The Morgan fingerprint density at radius 1 is 1.55 bits per heavy atom. The lowest BCUT2D eigenvalue weighted by atomic mass is 9.88. The molecule has 2 atom stereocenters. The molecule has 0 spiro atoms. The minimum Gasteiger partial charge on any atom is -0.497 e. The molecule has 0 saturated carbocycles. The summed E-state index contributed by atoms with van der Waals surface area (Å²) in [5, 5.41) is 13.1. The van der Waals surface area contributed by atoms with Gasteiger partial charge in [0.05, 0.1) is 18.3 Å². The Kier molecular flexibility index (Phi) is 6.02. The maximum Gasteiger partial charge on any atom is 0.252 e. The van der Waals surface area contributed by atoms with Crippen LogP contribution in [0.1, 0.15) is 37.6 Å². The second-order valence-electron chi connectivity index (χ2n) is 5.19. The Balaban J connectivity index is 2.73. The molecule has 2 N–H and O–H groups in total. The van der Waals surface area contributed by atoms with Gasteiger partial charge in [-0.25, -0.2) is 0 Å². The molecule has 5 heteroatoms. The fourth-order valence-corrected chi connectivity index (χ4v) is 2.31. The second-order valence-corrected chi connectivity index (χ2v) is 6.05. The summed E-state index contributed by atoms with van der Waals surface area (Å²) in [4.78, 5) is 12.1. The number of halogens is 1. The first-order chi connectivity index (χ1) is 9.31. The molecule has 0 fully saturated rings. The number of amides is 1. The van der Waals surface area contributed by atoms with Crippen molar-refractivity contribution >= 4 is 21.8 Å². The highest BCUT2D eigenvalue weighted by Gasteiger charge is 2.27. The zero-order valence-corrected chi connectivity index (χ0v) is 14.0. The maximum atomic E-state index is 12.1. The Labute approximate surface area is 128 Å². The van der Waals surface area contributed by atoms with Gasteiger partial charge in [0, 0.05) is 11.0 Å². The number of carbonyl (C=O) groups excluding carboxylic acids is 1. The average Bonchev–Trinajstić information content (AvgIpc) is 2.43. The van der Waals surface area contributed by atoms with Crippen LogP contribution in [0.15, 0.2) is 22.7 Å². The third-order valence-electron chi connectivity index (χ3n) is 3.70. The van der Waals surface area contributed by atoms with Gasteiger partial charge in [-0.1, -0.05) is 20.3 Å². The average molecular weight is 344 g/mol. The fraction of sp³-hybridized carbons (Fsp3) is 0.533. The van der Waals surface area contributed by atoms with Gasteiger partial charge in [0.1, 0.15) is 5.75 Å². The smallest absolute Gasteiger partial charge is 0.252 e. The van der Waals surface area contributed by atoms with Crippen molar-refractivity contribution in [1.82, 2.24) is 5.32 Å². The molecular formula is C15H22BrNO3. The van der Waals surface area contributed by atoms with E-state index in [0.29, 0.717) is 15.8 Å². The number of benzene rings is 1. The van der Waals surface area contributed by atoms with Crippen molar-refractivity contribution < 1.29 is 14.6 Å². The molecule has 0 aliphatic carbocycles. The Morgan fingerprint density at radius 3 is 2.70 bits per heavy atom. The summed E-state index contributed by atoms with van der Waals surface area (Å²) in [5.41, 5.74) is -0.394. The molecule has 4 nitrogen and oxygen atoms in total. The number of rotatable bonds is 6. The molecule has 112 valence electrons. The third kappa shape index (κ3) is 4.21. The van der Waals surface area contributed by atoms with Crippen molar-refractivity contribution in [2.24, 2.45) is 5.92 Å². The number of ether oxygens (including phenoxy) is 1. The second kappa shape index (κ2) is 7.09. The van der Waals surface area contributed by atoms with E-state index in [-0.39, 0.29) is 18.4 Å². The third-order valence-corrected chi connectivity index (χ3v) is 4.36. The van der Waals surface area contributed by atoms with Crippen molar-refractivity contribution in [3.05, 3.63) is 28.2 Å². The minimum atomic E-state index is -0.913. The predicted molar refractivity (Wildman–Crippen MR) is 83.1 cm³/mol. The lowest BCUT2D eigenvalue weighted by molar-refractivity contribution is 0.00592. The van der Waals surface area contributed by atoms with Crippen LogP contribution >= 0.6 is 15.9 Å². The Hall–Kier alpha value is -1.07. The van der Waals surface area contributed by atoms with Crippen molar-refractivity contribution in [1.29, 1.82) is 0 Å². The Morgan fingerprint density at radius 2 is 2.20 bits per heavy atom. The molecule has 0 aromatic heterocycles. The summed E-state index contributed by atoms with van der Waals surface area (Å²) >= 11 is 3.35. The highest BCUT2D eigenvalue weighted by Crippen LogP contribution is 2.23. The molecule has 2 unspecified atom stereocenters. The van der Waals surface area contributed by atoms with Crippen molar-refractivity contribution in [2.45, 2.75) is 32.8 Å². The Bertz CT molecular complexity index is 474. The van der Waals surface area contributed by atoms with Gasteiger partial charge in [0.25, 0.3) is 5.91 Å². The van der Waals surface area contributed by atoms with Crippen LogP contribution in [0, 0.1) is 5.92 Å². The van der Waals surface area contributed by atoms with Crippen LogP contribution < -0.4 is 10.1 Å². The minimum absolute atomic E-state index is 0.113. The lowest BCUT2D eigenvalue weighted by Gasteiger charge is -2.29. The number of nitrogens with one attached hydrogen (secondary N) is 1. The van der Waals surface area contributed by atoms with E-state index in [4.69, 9.17) is 4.74 Å². The molecule has 1 aromatic rings. The zero-order valence-electron chi connectivity index (χ0n) is 12.4. The van der Waals surface area contributed by atoms with Crippen molar-refractivity contribution in [3.63, 3.8) is 0 Å². The molecule has 0 bridgehead atoms. The first-order valence-corrected chi connectivity index (χ1v) is 7.45. The van der Waals surface area contributed by atoms with E-state index in [9.17, 15) is 9.90 Å². The van der Waals surface area contributed by atoms with Crippen molar-refractivity contribution in [2.75, 3.05) is 13.7 Å². The summed E-state index contributed by atoms with van der Waals surface area (Å²) < 4.78 is 5.75. The van der Waals surface area contributed by atoms with Gasteiger partial charge in [-0.05, 0) is 47.0 Å². The molecule has 0 aliphatic heterocycles. The van der Waals surface area contributed by atoms with Gasteiger partial charge in [-0.2, -0.15) is 0 Å². The largest absolute Gasteiger partial charge is 0.497 e. The molecule has 20 heavy (non-hydrogen) atoms. The van der Waals surface area contributed by atoms with Crippen LogP contribution in [0.2, 0.25) is 0 Å². The van der Waals surface area contributed by atoms with Crippen LogP contribution in [0.25, 0.3) is 0 Å².